The zero-order valence-electron chi connectivity index (χ0n) is 8.97. The maximum Gasteiger partial charge on any atom is 0.222 e. The third-order valence-corrected chi connectivity index (χ3v) is 3.39. The van der Waals surface area contributed by atoms with Crippen molar-refractivity contribution in [2.75, 3.05) is 20.7 Å². The van der Waals surface area contributed by atoms with Gasteiger partial charge in [-0.25, -0.2) is 0 Å². The average molecular weight is 200 g/mol. The summed E-state index contributed by atoms with van der Waals surface area (Å²) in [4.78, 5) is 11.4. The van der Waals surface area contributed by atoms with Gasteiger partial charge >= 0.3 is 0 Å². The minimum absolute atomic E-state index is 0.132. The van der Waals surface area contributed by atoms with Gasteiger partial charge in [0.1, 0.15) is 0 Å². The Hall–Kier alpha value is -0.610. The van der Waals surface area contributed by atoms with E-state index in [1.165, 1.54) is 0 Å². The SMILES string of the molecule is CNC(=O)C1CCC(CO)(NC)CC1. The van der Waals surface area contributed by atoms with E-state index in [4.69, 9.17) is 0 Å². The number of hydrogen-bond donors (Lipinski definition) is 3. The molecule has 1 saturated carbocycles. The van der Waals surface area contributed by atoms with E-state index in [0.717, 1.165) is 25.7 Å². The van der Waals surface area contributed by atoms with Crippen molar-refractivity contribution in [1.29, 1.82) is 0 Å². The molecule has 1 amide bonds. The van der Waals surface area contributed by atoms with Crippen LogP contribution in [-0.2, 0) is 4.79 Å². The third-order valence-electron chi connectivity index (χ3n) is 3.39. The number of aliphatic hydroxyl groups is 1. The molecule has 0 atom stereocenters. The van der Waals surface area contributed by atoms with Gasteiger partial charge < -0.3 is 15.7 Å². The monoisotopic (exact) mass is 200 g/mol. The normalized spacial score (nSPS) is 32.6. The molecule has 0 radical (unpaired) electrons. The van der Waals surface area contributed by atoms with Crippen LogP contribution >= 0.6 is 0 Å². The highest BCUT2D eigenvalue weighted by molar-refractivity contribution is 5.78. The number of carbonyl (C=O) groups excluding carboxylic acids is 1. The second-order valence-corrected chi connectivity index (χ2v) is 4.08. The number of nitrogens with one attached hydrogen (secondary N) is 2. The number of likely N-dealkylation sites (N-methyl/N-ethyl adjacent to an activating group) is 1. The van der Waals surface area contributed by atoms with Gasteiger partial charge in [-0.3, -0.25) is 4.79 Å². The van der Waals surface area contributed by atoms with Crippen LogP contribution in [0.3, 0.4) is 0 Å². The van der Waals surface area contributed by atoms with Crippen LogP contribution in [0.25, 0.3) is 0 Å². The lowest BCUT2D eigenvalue weighted by molar-refractivity contribution is -0.126. The summed E-state index contributed by atoms with van der Waals surface area (Å²) in [6.45, 7) is 0.157. The van der Waals surface area contributed by atoms with E-state index in [1.54, 1.807) is 7.05 Å². The topological polar surface area (TPSA) is 61.4 Å². The number of rotatable bonds is 3. The van der Waals surface area contributed by atoms with Crippen molar-refractivity contribution < 1.29 is 9.90 Å². The quantitative estimate of drug-likeness (QED) is 0.595. The van der Waals surface area contributed by atoms with Gasteiger partial charge in [0.15, 0.2) is 0 Å². The van der Waals surface area contributed by atoms with Crippen molar-refractivity contribution in [3.05, 3.63) is 0 Å². The minimum atomic E-state index is -0.148. The Bertz CT molecular complexity index is 192. The predicted molar refractivity (Wildman–Crippen MR) is 54.9 cm³/mol. The highest BCUT2D eigenvalue weighted by atomic mass is 16.3. The molecule has 3 N–H and O–H groups in total. The zero-order valence-corrected chi connectivity index (χ0v) is 8.97. The molecule has 0 heterocycles. The zero-order chi connectivity index (χ0) is 10.6. The highest BCUT2D eigenvalue weighted by Crippen LogP contribution is 2.31. The van der Waals surface area contributed by atoms with Gasteiger partial charge in [-0.05, 0) is 32.7 Å². The summed E-state index contributed by atoms with van der Waals surface area (Å²) < 4.78 is 0. The molecule has 82 valence electrons. The fraction of sp³-hybridized carbons (Fsp3) is 0.900. The van der Waals surface area contributed by atoms with Crippen LogP contribution in [0.15, 0.2) is 0 Å². The number of amides is 1. The molecule has 0 saturated heterocycles. The van der Waals surface area contributed by atoms with Gasteiger partial charge in [0.05, 0.1) is 6.61 Å². The summed E-state index contributed by atoms with van der Waals surface area (Å²) in [5, 5.41) is 15.1. The average Bonchev–Trinajstić information content (AvgIpc) is 2.28. The first-order valence-corrected chi connectivity index (χ1v) is 5.19. The molecular weight excluding hydrogens is 180 g/mol. The highest BCUT2D eigenvalue weighted by Gasteiger charge is 2.35. The number of aliphatic hydroxyl groups excluding tert-OH is 1. The van der Waals surface area contributed by atoms with Crippen molar-refractivity contribution in [2.45, 2.75) is 31.2 Å². The largest absolute Gasteiger partial charge is 0.394 e. The van der Waals surface area contributed by atoms with Gasteiger partial charge in [0.2, 0.25) is 5.91 Å². The molecule has 1 aliphatic carbocycles. The van der Waals surface area contributed by atoms with E-state index in [2.05, 4.69) is 10.6 Å². The third kappa shape index (κ3) is 2.25. The van der Waals surface area contributed by atoms with Crippen LogP contribution in [-0.4, -0.2) is 37.3 Å². The summed E-state index contributed by atoms with van der Waals surface area (Å²) in [6.07, 6.45) is 3.47. The van der Waals surface area contributed by atoms with Gasteiger partial charge in [-0.1, -0.05) is 0 Å². The number of carbonyl (C=O) groups is 1. The van der Waals surface area contributed by atoms with Crippen molar-refractivity contribution in [2.24, 2.45) is 5.92 Å². The predicted octanol–water partition coefficient (Wildman–Crippen LogP) is -0.127. The Kier molecular flexibility index (Phi) is 3.89. The van der Waals surface area contributed by atoms with Crippen molar-refractivity contribution in [1.82, 2.24) is 10.6 Å². The van der Waals surface area contributed by atoms with Crippen LogP contribution in [0.1, 0.15) is 25.7 Å². The Labute approximate surface area is 85.1 Å². The smallest absolute Gasteiger partial charge is 0.222 e. The molecule has 4 heteroatoms. The van der Waals surface area contributed by atoms with Crippen LogP contribution in [0, 0.1) is 5.92 Å². The molecule has 0 aromatic heterocycles. The molecule has 0 bridgehead atoms. The van der Waals surface area contributed by atoms with E-state index >= 15 is 0 Å². The summed E-state index contributed by atoms with van der Waals surface area (Å²) in [7, 11) is 3.55. The Morgan fingerprint density at radius 2 is 2.00 bits per heavy atom. The van der Waals surface area contributed by atoms with E-state index in [1.807, 2.05) is 7.05 Å². The Morgan fingerprint density at radius 1 is 1.43 bits per heavy atom. The molecular formula is C10H20N2O2. The van der Waals surface area contributed by atoms with Crippen LogP contribution in [0.4, 0.5) is 0 Å². The molecule has 1 fully saturated rings. The maximum absolute atomic E-state index is 11.4. The Morgan fingerprint density at radius 3 is 2.36 bits per heavy atom. The van der Waals surface area contributed by atoms with Gasteiger partial charge in [-0.2, -0.15) is 0 Å². The van der Waals surface area contributed by atoms with Crippen molar-refractivity contribution >= 4 is 5.91 Å². The van der Waals surface area contributed by atoms with Crippen LogP contribution < -0.4 is 10.6 Å². The van der Waals surface area contributed by atoms with Crippen LogP contribution in [0.2, 0.25) is 0 Å². The lowest BCUT2D eigenvalue weighted by atomic mass is 9.76. The lowest BCUT2D eigenvalue weighted by Crippen LogP contribution is -2.50. The fourth-order valence-electron chi connectivity index (χ4n) is 2.12. The van der Waals surface area contributed by atoms with Gasteiger partial charge in [-0.15, -0.1) is 0 Å². The maximum atomic E-state index is 11.4. The second-order valence-electron chi connectivity index (χ2n) is 4.08. The van der Waals surface area contributed by atoms with E-state index in [9.17, 15) is 9.90 Å². The first-order chi connectivity index (χ1) is 6.67. The van der Waals surface area contributed by atoms with Gasteiger partial charge in [0.25, 0.3) is 0 Å². The molecule has 14 heavy (non-hydrogen) atoms. The standard InChI is InChI=1S/C10H20N2O2/c1-11-9(14)8-3-5-10(7-13,12-2)6-4-8/h8,12-13H,3-7H2,1-2H3,(H,11,14). The summed E-state index contributed by atoms with van der Waals surface area (Å²) >= 11 is 0. The van der Waals surface area contributed by atoms with E-state index < -0.39 is 0 Å². The van der Waals surface area contributed by atoms with Gasteiger partial charge in [0, 0.05) is 18.5 Å². The van der Waals surface area contributed by atoms with Crippen molar-refractivity contribution in [3.8, 4) is 0 Å². The molecule has 1 rings (SSSR count). The molecule has 0 unspecified atom stereocenters. The molecule has 0 aromatic carbocycles. The second kappa shape index (κ2) is 4.75. The minimum Gasteiger partial charge on any atom is -0.394 e. The molecule has 0 aromatic rings. The van der Waals surface area contributed by atoms with Crippen molar-refractivity contribution in [3.63, 3.8) is 0 Å². The van der Waals surface area contributed by atoms with Crippen LogP contribution in [0.5, 0.6) is 0 Å². The number of hydrogen-bond acceptors (Lipinski definition) is 3. The molecule has 0 spiro atoms. The molecule has 4 nitrogen and oxygen atoms in total. The summed E-state index contributed by atoms with van der Waals surface area (Å²) in [5.41, 5.74) is -0.148. The van der Waals surface area contributed by atoms with E-state index in [-0.39, 0.29) is 24.0 Å². The Balaban J connectivity index is 2.48. The first kappa shape index (κ1) is 11.5. The summed E-state index contributed by atoms with van der Waals surface area (Å²) in [5.74, 6) is 0.265. The van der Waals surface area contributed by atoms with E-state index in [0.29, 0.717) is 0 Å². The fourth-order valence-corrected chi connectivity index (χ4v) is 2.12. The molecule has 1 aliphatic rings. The summed E-state index contributed by atoms with van der Waals surface area (Å²) in [6, 6.07) is 0. The first-order valence-electron chi connectivity index (χ1n) is 5.19. The molecule has 0 aliphatic heterocycles. The lowest BCUT2D eigenvalue weighted by Gasteiger charge is -2.38.